The summed E-state index contributed by atoms with van der Waals surface area (Å²) >= 11 is 1.61. The first-order valence-electron chi connectivity index (χ1n) is 10.3. The minimum atomic E-state index is -0.759. The van der Waals surface area contributed by atoms with Gasteiger partial charge in [-0.05, 0) is 44.3 Å². The smallest absolute Gasteiger partial charge is 0.243 e. The fourth-order valence-corrected chi connectivity index (χ4v) is 4.97. The second-order valence-electron chi connectivity index (χ2n) is 7.81. The average molecular weight is 419 g/mol. The molecule has 1 aliphatic carbocycles. The molecular formula is C22H30N2O4S. The van der Waals surface area contributed by atoms with Gasteiger partial charge in [0.05, 0.1) is 25.0 Å². The first-order chi connectivity index (χ1) is 14.0. The number of methoxy groups -OCH3 is 1. The Hall–Kier alpha value is -2.02. The van der Waals surface area contributed by atoms with Gasteiger partial charge in [-0.3, -0.25) is 19.3 Å². The molecule has 1 heterocycles. The third kappa shape index (κ3) is 4.44. The van der Waals surface area contributed by atoms with Crippen molar-refractivity contribution in [3.05, 3.63) is 29.8 Å². The summed E-state index contributed by atoms with van der Waals surface area (Å²) in [6, 6.07) is 6.46. The van der Waals surface area contributed by atoms with Crippen molar-refractivity contribution in [2.24, 2.45) is 11.8 Å². The van der Waals surface area contributed by atoms with Crippen LogP contribution in [0.25, 0.3) is 0 Å². The zero-order valence-corrected chi connectivity index (χ0v) is 18.2. The maximum absolute atomic E-state index is 13.2. The van der Waals surface area contributed by atoms with E-state index in [9.17, 15) is 14.4 Å². The summed E-state index contributed by atoms with van der Waals surface area (Å²) in [5, 5.41) is 3.00. The van der Waals surface area contributed by atoms with Crippen molar-refractivity contribution in [1.29, 1.82) is 0 Å². The highest BCUT2D eigenvalue weighted by Crippen LogP contribution is 2.39. The summed E-state index contributed by atoms with van der Waals surface area (Å²) < 4.78 is 5.40. The van der Waals surface area contributed by atoms with E-state index in [4.69, 9.17) is 4.74 Å². The highest BCUT2D eigenvalue weighted by Gasteiger charge is 2.51. The van der Waals surface area contributed by atoms with Crippen molar-refractivity contribution in [3.8, 4) is 5.75 Å². The van der Waals surface area contributed by atoms with Gasteiger partial charge < -0.3 is 10.1 Å². The lowest BCUT2D eigenvalue weighted by atomic mass is 9.81. The molecule has 6 nitrogen and oxygen atoms in total. The van der Waals surface area contributed by atoms with Crippen LogP contribution in [-0.4, -0.2) is 47.8 Å². The molecule has 7 heteroatoms. The fourth-order valence-electron chi connectivity index (χ4n) is 4.51. The van der Waals surface area contributed by atoms with Gasteiger partial charge in [-0.1, -0.05) is 31.0 Å². The van der Waals surface area contributed by atoms with E-state index in [0.29, 0.717) is 17.9 Å². The molecule has 1 saturated carbocycles. The van der Waals surface area contributed by atoms with E-state index < -0.39 is 6.04 Å². The number of hydrogen-bond acceptors (Lipinski definition) is 5. The summed E-state index contributed by atoms with van der Waals surface area (Å²) in [6.07, 6.45) is 5.86. The molecule has 4 atom stereocenters. The Morgan fingerprint density at radius 1 is 1.21 bits per heavy atom. The normalized spacial score (nSPS) is 23.5. The molecule has 2 aliphatic rings. The highest BCUT2D eigenvalue weighted by atomic mass is 32.2. The summed E-state index contributed by atoms with van der Waals surface area (Å²) in [5.41, 5.74) is 0.861. The van der Waals surface area contributed by atoms with Gasteiger partial charge in [0.15, 0.2) is 0 Å². The molecule has 1 aliphatic heterocycles. The van der Waals surface area contributed by atoms with Crippen LogP contribution in [0.1, 0.15) is 50.6 Å². The third-order valence-corrected chi connectivity index (χ3v) is 6.69. The number of para-hydroxylation sites is 1. The predicted molar refractivity (Wildman–Crippen MR) is 114 cm³/mol. The molecule has 158 valence electrons. The topological polar surface area (TPSA) is 75.7 Å². The van der Waals surface area contributed by atoms with Crippen molar-refractivity contribution in [3.63, 3.8) is 0 Å². The molecule has 1 aromatic rings. The molecule has 0 bridgehead atoms. The van der Waals surface area contributed by atoms with E-state index in [-0.39, 0.29) is 35.6 Å². The number of nitrogens with one attached hydrogen (secondary N) is 1. The monoisotopic (exact) mass is 418 g/mol. The van der Waals surface area contributed by atoms with Gasteiger partial charge in [-0.15, -0.1) is 0 Å². The van der Waals surface area contributed by atoms with E-state index >= 15 is 0 Å². The highest BCUT2D eigenvalue weighted by molar-refractivity contribution is 7.98. The van der Waals surface area contributed by atoms with E-state index in [0.717, 1.165) is 31.2 Å². The average Bonchev–Trinajstić information content (AvgIpc) is 2.99. The van der Waals surface area contributed by atoms with Gasteiger partial charge in [-0.2, -0.15) is 11.8 Å². The van der Waals surface area contributed by atoms with Crippen LogP contribution in [0.15, 0.2) is 24.3 Å². The molecule has 2 fully saturated rings. The number of amides is 3. The molecule has 0 spiro atoms. The van der Waals surface area contributed by atoms with E-state index in [2.05, 4.69) is 5.32 Å². The predicted octanol–water partition coefficient (Wildman–Crippen LogP) is 3.17. The van der Waals surface area contributed by atoms with E-state index in [1.54, 1.807) is 18.9 Å². The number of ether oxygens (including phenoxy) is 1. The first kappa shape index (κ1) is 21.7. The number of thioether (sulfide) groups is 1. The molecule has 0 radical (unpaired) electrons. The molecule has 1 saturated heterocycles. The van der Waals surface area contributed by atoms with Gasteiger partial charge in [0.25, 0.3) is 0 Å². The number of likely N-dealkylation sites (tertiary alicyclic amines) is 1. The lowest BCUT2D eigenvalue weighted by molar-refractivity contribution is -0.148. The Bertz CT molecular complexity index is 745. The van der Waals surface area contributed by atoms with E-state index in [1.165, 1.54) is 4.90 Å². The van der Waals surface area contributed by atoms with Crippen molar-refractivity contribution < 1.29 is 19.1 Å². The number of nitrogens with zero attached hydrogens (tertiary/aromatic N) is 1. The molecule has 0 aromatic heterocycles. The Morgan fingerprint density at radius 3 is 2.41 bits per heavy atom. The summed E-state index contributed by atoms with van der Waals surface area (Å²) in [7, 11) is 1.60. The SMILES string of the molecule is COc1ccccc1[C@H](C)NC(=O)[C@H](CCSC)N1C(=O)[C@H]2CCCC[C@@H]2C1=O. The molecule has 3 amide bonds. The number of hydrogen-bond donors (Lipinski definition) is 1. The summed E-state index contributed by atoms with van der Waals surface area (Å²) in [6.45, 7) is 1.88. The van der Waals surface area contributed by atoms with Crippen molar-refractivity contribution in [1.82, 2.24) is 10.2 Å². The molecule has 3 rings (SSSR count). The Balaban J connectivity index is 1.80. The minimum Gasteiger partial charge on any atom is -0.496 e. The Labute approximate surface area is 176 Å². The number of rotatable bonds is 8. The van der Waals surface area contributed by atoms with Gasteiger partial charge in [-0.25, -0.2) is 0 Å². The van der Waals surface area contributed by atoms with Gasteiger partial charge in [0.2, 0.25) is 17.7 Å². The zero-order chi connectivity index (χ0) is 21.0. The van der Waals surface area contributed by atoms with Crippen LogP contribution in [0.2, 0.25) is 0 Å². The van der Waals surface area contributed by atoms with Crippen LogP contribution < -0.4 is 10.1 Å². The Morgan fingerprint density at radius 2 is 1.83 bits per heavy atom. The maximum atomic E-state index is 13.2. The molecule has 1 aromatic carbocycles. The van der Waals surface area contributed by atoms with Gasteiger partial charge >= 0.3 is 0 Å². The minimum absolute atomic E-state index is 0.161. The third-order valence-electron chi connectivity index (χ3n) is 6.05. The van der Waals surface area contributed by atoms with Gasteiger partial charge in [0.1, 0.15) is 11.8 Å². The summed E-state index contributed by atoms with van der Waals surface area (Å²) in [4.78, 5) is 40.5. The van der Waals surface area contributed by atoms with Crippen molar-refractivity contribution >= 4 is 29.5 Å². The molecule has 29 heavy (non-hydrogen) atoms. The van der Waals surface area contributed by atoms with Crippen LogP contribution in [0.5, 0.6) is 5.75 Å². The number of fused-ring (bicyclic) bond motifs is 1. The second kappa shape index (κ2) is 9.65. The van der Waals surface area contributed by atoms with Gasteiger partial charge in [0, 0.05) is 5.56 Å². The molecule has 0 unspecified atom stereocenters. The molecule has 1 N–H and O–H groups in total. The lowest BCUT2D eigenvalue weighted by Gasteiger charge is -2.27. The quantitative estimate of drug-likeness (QED) is 0.657. The van der Waals surface area contributed by atoms with Crippen LogP contribution in [0.3, 0.4) is 0 Å². The molecular weight excluding hydrogens is 388 g/mol. The number of benzene rings is 1. The lowest BCUT2D eigenvalue weighted by Crippen LogP contribution is -2.50. The van der Waals surface area contributed by atoms with Crippen LogP contribution >= 0.6 is 11.8 Å². The first-order valence-corrected chi connectivity index (χ1v) is 11.7. The second-order valence-corrected chi connectivity index (χ2v) is 8.80. The van der Waals surface area contributed by atoms with Crippen LogP contribution in [-0.2, 0) is 14.4 Å². The fraction of sp³-hybridized carbons (Fsp3) is 0.591. The standard InChI is InChI=1S/C22H30N2O4S/c1-14(15-8-6-7-11-19(15)28-2)23-20(25)18(12-13-29-3)24-21(26)16-9-4-5-10-17(16)22(24)27/h6-8,11,14,16-18H,4-5,9-10,12-13H2,1-3H3,(H,23,25)/t14-,16-,17-,18-/m0/s1. The van der Waals surface area contributed by atoms with Crippen molar-refractivity contribution in [2.75, 3.05) is 19.1 Å². The van der Waals surface area contributed by atoms with Crippen LogP contribution in [0, 0.1) is 11.8 Å². The zero-order valence-electron chi connectivity index (χ0n) is 17.3. The Kier molecular flexibility index (Phi) is 7.22. The van der Waals surface area contributed by atoms with E-state index in [1.807, 2.05) is 37.4 Å². The maximum Gasteiger partial charge on any atom is 0.243 e. The van der Waals surface area contributed by atoms with Crippen LogP contribution in [0.4, 0.5) is 0 Å². The summed E-state index contributed by atoms with van der Waals surface area (Å²) in [5.74, 6) is 0.308. The number of carbonyl (C=O) groups excluding carboxylic acids is 3. The number of imide groups is 1. The largest absolute Gasteiger partial charge is 0.496 e. The van der Waals surface area contributed by atoms with Crippen molar-refractivity contribution in [2.45, 2.75) is 51.1 Å². The number of carbonyl (C=O) groups is 3.